The first kappa shape index (κ1) is 60.3. The fourth-order valence-electron chi connectivity index (χ4n) is 8.21. The number of thioether (sulfide) groups is 1. The molecule has 70 heavy (non-hydrogen) atoms. The quantitative estimate of drug-likeness (QED) is 0.0667. The SMILES string of the molecule is [C-]#[N+]C(C)(C)CC(C)(CC(C)(C(=O)ON1C(=O)CCC1=O)C(C)(C)C#N)C(=O)NCC(C)O.[C-]#[N+]C(C)(C)CC(C)(CC(C)(SC(=S)c1ccccc1)C(=O)ON1C(=O)CCC1=O)C(=O)NCC(C)O. The highest BCUT2D eigenvalue weighted by Crippen LogP contribution is 2.51. The van der Waals surface area contributed by atoms with Gasteiger partial charge in [-0.05, 0) is 59.9 Å². The van der Waals surface area contributed by atoms with Crippen LogP contribution in [0.2, 0.25) is 0 Å². The van der Waals surface area contributed by atoms with E-state index < -0.39 is 97.1 Å². The zero-order valence-electron chi connectivity index (χ0n) is 42.1. The second-order valence-corrected chi connectivity index (χ2v) is 23.0. The van der Waals surface area contributed by atoms with Crippen LogP contribution < -0.4 is 10.6 Å². The molecule has 19 nitrogen and oxygen atoms in total. The van der Waals surface area contributed by atoms with Crippen LogP contribution in [0.5, 0.6) is 0 Å². The van der Waals surface area contributed by atoms with Gasteiger partial charge in [0.05, 0.1) is 44.1 Å². The fourth-order valence-corrected chi connectivity index (χ4v) is 10.1. The number of carbonyl (C=O) groups is 8. The zero-order chi connectivity index (χ0) is 53.8. The molecule has 2 heterocycles. The maximum absolute atomic E-state index is 13.6. The van der Waals surface area contributed by atoms with E-state index in [-0.39, 0.29) is 64.5 Å². The van der Waals surface area contributed by atoms with Crippen molar-refractivity contribution in [2.75, 3.05) is 13.1 Å². The second kappa shape index (κ2) is 23.9. The van der Waals surface area contributed by atoms with E-state index in [1.807, 2.05) is 6.07 Å². The number of hydrogen-bond acceptors (Lipinski definition) is 15. The fraction of sp³-hybridized carbons (Fsp3) is 0.633. The molecular formula is C49H67N7O12S2. The van der Waals surface area contributed by atoms with Crippen molar-refractivity contribution in [1.29, 1.82) is 5.26 Å². The molecule has 21 heteroatoms. The topological polar surface area (TPSA) is 259 Å². The van der Waals surface area contributed by atoms with Crippen LogP contribution in [0.25, 0.3) is 9.69 Å². The number of thiocarbonyl (C=S) groups is 1. The molecule has 2 aliphatic rings. The minimum atomic E-state index is -1.64. The number of aliphatic hydroxyl groups is 2. The van der Waals surface area contributed by atoms with E-state index in [0.717, 1.165) is 11.8 Å². The van der Waals surface area contributed by atoms with Gasteiger partial charge >= 0.3 is 11.9 Å². The molecule has 6 amide bonds. The van der Waals surface area contributed by atoms with Crippen molar-refractivity contribution in [3.05, 3.63) is 58.7 Å². The monoisotopic (exact) mass is 1010 g/mol. The van der Waals surface area contributed by atoms with Gasteiger partial charge in [0.15, 0.2) is 0 Å². The van der Waals surface area contributed by atoms with Crippen LogP contribution in [-0.2, 0) is 48.0 Å². The largest absolute Gasteiger partial charge is 0.392 e. The first-order chi connectivity index (χ1) is 32.1. The number of nitrogens with one attached hydrogen (secondary N) is 2. The summed E-state index contributed by atoms with van der Waals surface area (Å²) in [5.74, 6) is -5.41. The maximum Gasteiger partial charge on any atom is 0.349 e. The van der Waals surface area contributed by atoms with Crippen molar-refractivity contribution in [3.63, 3.8) is 0 Å². The number of hydroxylamine groups is 4. The zero-order valence-corrected chi connectivity index (χ0v) is 43.8. The van der Waals surface area contributed by atoms with Gasteiger partial charge in [-0.3, -0.25) is 28.8 Å². The molecule has 0 aromatic heterocycles. The summed E-state index contributed by atoms with van der Waals surface area (Å²) in [6.45, 7) is 34.0. The highest BCUT2D eigenvalue weighted by atomic mass is 32.2. The summed E-state index contributed by atoms with van der Waals surface area (Å²) in [5.41, 5.74) is -6.87. The highest BCUT2D eigenvalue weighted by molar-refractivity contribution is 8.25. The van der Waals surface area contributed by atoms with Crippen LogP contribution in [0.15, 0.2) is 30.3 Å². The van der Waals surface area contributed by atoms with Crippen molar-refractivity contribution in [2.45, 2.75) is 162 Å². The molecule has 6 atom stereocenters. The summed E-state index contributed by atoms with van der Waals surface area (Å²) >= 11 is 6.61. The Hall–Kier alpha value is -5.79. The number of benzene rings is 1. The van der Waals surface area contributed by atoms with E-state index in [0.29, 0.717) is 19.9 Å². The molecule has 4 N–H and O–H groups in total. The number of aliphatic hydroxyl groups excluding tert-OH is 2. The molecular weight excluding hydrogens is 943 g/mol. The van der Waals surface area contributed by atoms with Crippen molar-refractivity contribution in [1.82, 2.24) is 20.8 Å². The Bertz CT molecular complexity index is 2290. The van der Waals surface area contributed by atoms with Crippen LogP contribution in [0, 0.1) is 46.1 Å². The lowest BCUT2D eigenvalue weighted by Crippen LogP contribution is -2.53. The van der Waals surface area contributed by atoms with Gasteiger partial charge in [0.1, 0.15) is 4.75 Å². The molecule has 2 saturated heterocycles. The molecule has 1 aromatic carbocycles. The van der Waals surface area contributed by atoms with Gasteiger partial charge < -0.3 is 40.2 Å². The lowest BCUT2D eigenvalue weighted by atomic mass is 9.58. The highest BCUT2D eigenvalue weighted by Gasteiger charge is 2.57. The molecule has 3 rings (SSSR count). The number of nitrogens with zero attached hydrogens (tertiary/aromatic N) is 5. The first-order valence-electron chi connectivity index (χ1n) is 22.6. The summed E-state index contributed by atoms with van der Waals surface area (Å²) in [4.78, 5) is 120. The summed E-state index contributed by atoms with van der Waals surface area (Å²) in [6, 6.07) is 11.1. The van der Waals surface area contributed by atoms with E-state index in [2.05, 4.69) is 26.4 Å². The summed E-state index contributed by atoms with van der Waals surface area (Å²) in [6.07, 6.45) is -2.10. The predicted octanol–water partition coefficient (Wildman–Crippen LogP) is 5.57. The summed E-state index contributed by atoms with van der Waals surface area (Å²) < 4.78 is -1.17. The number of nitriles is 1. The lowest BCUT2D eigenvalue weighted by Gasteiger charge is -2.43. The van der Waals surface area contributed by atoms with Gasteiger partial charge in [0.2, 0.25) is 22.9 Å². The van der Waals surface area contributed by atoms with Crippen molar-refractivity contribution >= 4 is 75.6 Å². The van der Waals surface area contributed by atoms with Crippen LogP contribution >= 0.6 is 24.0 Å². The van der Waals surface area contributed by atoms with E-state index in [1.54, 1.807) is 72.7 Å². The number of hydrogen-bond donors (Lipinski definition) is 4. The molecule has 0 aliphatic carbocycles. The molecule has 1 aromatic rings. The van der Waals surface area contributed by atoms with Crippen LogP contribution in [0.1, 0.15) is 140 Å². The molecule has 382 valence electrons. The lowest BCUT2D eigenvalue weighted by molar-refractivity contribution is -0.210. The molecule has 6 unspecified atom stereocenters. The molecule has 0 radical (unpaired) electrons. The van der Waals surface area contributed by atoms with Crippen molar-refractivity contribution in [3.8, 4) is 6.07 Å². The second-order valence-electron chi connectivity index (χ2n) is 20.8. The molecule has 0 bridgehead atoms. The minimum Gasteiger partial charge on any atom is -0.392 e. The first-order valence-corrected chi connectivity index (χ1v) is 23.9. The third-order valence-electron chi connectivity index (χ3n) is 12.2. The predicted molar refractivity (Wildman–Crippen MR) is 261 cm³/mol. The van der Waals surface area contributed by atoms with Gasteiger partial charge in [0, 0.05) is 79.3 Å². The Balaban J connectivity index is 0.000000484. The average molecular weight is 1010 g/mol. The standard InChI is InChI=1S/C26H33N3O6S2.C23H34N4O6/c1-17(30)14-28-22(33)25(4,15-24(2,3)27-6)16-26(5,37-21(36)18-10-8-7-9-11-18)23(34)35-29-19(31)12-13-20(29)32;1-15(28)11-26-18(31)22(6,12-21(4,5)25-8)13-23(7,20(2,3)14-24)19(32)33-27-16(29)9-10-17(27)30/h7-11,17,30H,12-16H2,1-5H3,(H,28,33);15,28H,9-13H2,1-7H3,(H,26,31). The van der Waals surface area contributed by atoms with E-state index in [1.165, 1.54) is 34.6 Å². The van der Waals surface area contributed by atoms with Crippen molar-refractivity contribution in [2.24, 2.45) is 21.7 Å². The van der Waals surface area contributed by atoms with Gasteiger partial charge in [-0.2, -0.15) is 5.26 Å². The van der Waals surface area contributed by atoms with Gasteiger partial charge in [0.25, 0.3) is 23.6 Å². The smallest absolute Gasteiger partial charge is 0.349 e. The molecule has 0 spiro atoms. The van der Waals surface area contributed by atoms with Crippen LogP contribution in [0.4, 0.5) is 0 Å². The maximum atomic E-state index is 13.6. The van der Waals surface area contributed by atoms with Gasteiger partial charge in [-0.25, -0.2) is 22.7 Å². The van der Waals surface area contributed by atoms with E-state index >= 15 is 0 Å². The summed E-state index contributed by atoms with van der Waals surface area (Å²) in [5, 5.41) is 35.4. The Morgan fingerprint density at radius 3 is 1.43 bits per heavy atom. The Morgan fingerprint density at radius 1 is 0.700 bits per heavy atom. The average Bonchev–Trinajstić information content (AvgIpc) is 3.77. The number of rotatable bonds is 21. The van der Waals surface area contributed by atoms with Crippen LogP contribution in [0.3, 0.4) is 0 Å². The molecule has 2 aliphatic heterocycles. The normalized spacial score (nSPS) is 18.4. The number of carbonyl (C=O) groups excluding carboxylic acids is 8. The molecule has 0 saturated carbocycles. The Labute approximate surface area is 420 Å². The van der Waals surface area contributed by atoms with Crippen LogP contribution in [-0.4, -0.2) is 113 Å². The minimum absolute atomic E-state index is 0.0135. The summed E-state index contributed by atoms with van der Waals surface area (Å²) in [7, 11) is 0. The van der Waals surface area contributed by atoms with E-state index in [4.69, 9.17) is 35.0 Å². The molecule has 2 fully saturated rings. The number of imide groups is 2. The third kappa shape index (κ3) is 15.9. The Kier molecular flexibility index (Phi) is 20.6. The number of amides is 6. The van der Waals surface area contributed by atoms with E-state index in [9.17, 15) is 53.8 Å². The third-order valence-corrected chi connectivity index (χ3v) is 13.8. The van der Waals surface area contributed by atoms with Gasteiger partial charge in [-0.15, -0.1) is 10.1 Å². The van der Waals surface area contributed by atoms with Gasteiger partial charge in [-0.1, -0.05) is 68.2 Å². The Morgan fingerprint density at radius 2 is 1.07 bits per heavy atom. The van der Waals surface area contributed by atoms with Crippen molar-refractivity contribution < 1.29 is 58.2 Å².